The molecule has 0 aromatic carbocycles. The Labute approximate surface area is 128 Å². The SMILES string of the molecule is Cc1ccc(NC(=O)CSOS(=O)[O-])nc1.[Na+]. The summed E-state index contributed by atoms with van der Waals surface area (Å²) in [7, 11) is 0. The van der Waals surface area contributed by atoms with E-state index >= 15 is 0 Å². The number of hydrogen-bond donors (Lipinski definition) is 1. The number of aryl methyl sites for hydroxylation is 1. The van der Waals surface area contributed by atoms with E-state index in [1.165, 1.54) is 0 Å². The molecule has 0 aliphatic carbocycles. The molecule has 1 unspecified atom stereocenters. The molecule has 1 atom stereocenters. The fraction of sp³-hybridized carbons (Fsp3) is 0.250. The van der Waals surface area contributed by atoms with Crippen molar-refractivity contribution in [3.63, 3.8) is 0 Å². The van der Waals surface area contributed by atoms with E-state index in [-0.39, 0.29) is 41.2 Å². The minimum absolute atomic E-state index is 0. The minimum Gasteiger partial charge on any atom is -0.749 e. The molecule has 1 aromatic heterocycles. The maximum atomic E-state index is 11.2. The van der Waals surface area contributed by atoms with Crippen LogP contribution in [0.4, 0.5) is 5.82 Å². The Balaban J connectivity index is 0.00000256. The second-order valence-electron chi connectivity index (χ2n) is 2.80. The van der Waals surface area contributed by atoms with Crippen molar-refractivity contribution in [2.45, 2.75) is 6.92 Å². The predicted octanol–water partition coefficient (Wildman–Crippen LogP) is -2.21. The maximum absolute atomic E-state index is 11.2. The van der Waals surface area contributed by atoms with Crippen molar-refractivity contribution in [1.82, 2.24) is 4.98 Å². The van der Waals surface area contributed by atoms with Crippen LogP contribution in [0.2, 0.25) is 0 Å². The van der Waals surface area contributed by atoms with E-state index in [0.717, 1.165) is 5.56 Å². The minimum atomic E-state index is -2.61. The van der Waals surface area contributed by atoms with Gasteiger partial charge in [0.05, 0.1) is 11.4 Å². The van der Waals surface area contributed by atoms with Gasteiger partial charge in [-0.1, -0.05) is 6.07 Å². The largest absolute Gasteiger partial charge is 1.00 e. The molecular formula is C8H9N2NaO4S2. The summed E-state index contributed by atoms with van der Waals surface area (Å²) in [4.78, 5) is 15.2. The van der Waals surface area contributed by atoms with E-state index in [2.05, 4.69) is 13.9 Å². The zero-order chi connectivity index (χ0) is 12.0. The van der Waals surface area contributed by atoms with E-state index < -0.39 is 11.4 Å². The molecule has 0 saturated carbocycles. The first-order valence-corrected chi connectivity index (χ1v) is 6.10. The number of nitrogens with one attached hydrogen (secondary N) is 1. The summed E-state index contributed by atoms with van der Waals surface area (Å²) in [6, 6.07) is 3.46. The molecule has 17 heavy (non-hydrogen) atoms. The summed E-state index contributed by atoms with van der Waals surface area (Å²) in [5.41, 5.74) is 0.984. The summed E-state index contributed by atoms with van der Waals surface area (Å²) in [5, 5.41) is 2.49. The van der Waals surface area contributed by atoms with Crippen molar-refractivity contribution in [1.29, 1.82) is 0 Å². The monoisotopic (exact) mass is 284 g/mol. The molecule has 0 aliphatic heterocycles. The van der Waals surface area contributed by atoms with Crippen molar-refractivity contribution in [2.75, 3.05) is 11.1 Å². The molecular weight excluding hydrogens is 275 g/mol. The Morgan fingerprint density at radius 3 is 2.88 bits per heavy atom. The number of carbonyl (C=O) groups is 1. The standard InChI is InChI=1S/C8H10N2O4S2.Na/c1-6-2-3-7(9-4-6)10-8(11)5-15-14-16(12)13;/h2-4H,5H2,1H3,(H,12,13)(H,9,10,11);/q;+1/p-1. The van der Waals surface area contributed by atoms with E-state index in [1.54, 1.807) is 18.3 Å². The van der Waals surface area contributed by atoms with Crippen molar-refractivity contribution in [3.05, 3.63) is 23.9 Å². The van der Waals surface area contributed by atoms with Crippen LogP contribution in [0.3, 0.4) is 0 Å². The van der Waals surface area contributed by atoms with E-state index in [1.807, 2.05) is 6.92 Å². The first-order valence-electron chi connectivity index (χ1n) is 4.19. The molecule has 1 aromatic rings. The Hall–Kier alpha value is 0.0400. The molecule has 0 aliphatic rings. The average molecular weight is 284 g/mol. The normalized spacial score (nSPS) is 11.4. The summed E-state index contributed by atoms with van der Waals surface area (Å²) >= 11 is -2.07. The van der Waals surface area contributed by atoms with Crippen LogP contribution in [0.25, 0.3) is 0 Å². The van der Waals surface area contributed by atoms with Crippen molar-refractivity contribution < 1.29 is 46.7 Å². The van der Waals surface area contributed by atoms with Crippen molar-refractivity contribution in [2.24, 2.45) is 0 Å². The molecule has 6 nitrogen and oxygen atoms in total. The number of nitrogens with zero attached hydrogens (tertiary/aromatic N) is 1. The Morgan fingerprint density at radius 1 is 1.65 bits per heavy atom. The van der Waals surface area contributed by atoms with E-state index in [9.17, 15) is 13.6 Å². The topological polar surface area (TPSA) is 91.3 Å². The van der Waals surface area contributed by atoms with Gasteiger partial charge in [0.2, 0.25) is 5.91 Å². The van der Waals surface area contributed by atoms with Gasteiger partial charge in [0.15, 0.2) is 0 Å². The summed E-state index contributed by atoms with van der Waals surface area (Å²) < 4.78 is 24.1. The van der Waals surface area contributed by atoms with Crippen LogP contribution in [0.5, 0.6) is 0 Å². The number of pyridine rings is 1. The van der Waals surface area contributed by atoms with Crippen LogP contribution in [-0.2, 0) is 19.8 Å². The third-order valence-corrected chi connectivity index (χ3v) is 2.68. The van der Waals surface area contributed by atoms with Gasteiger partial charge in [0, 0.05) is 18.2 Å². The first-order chi connectivity index (χ1) is 7.58. The van der Waals surface area contributed by atoms with Gasteiger partial charge in [-0.2, -0.15) is 0 Å². The van der Waals surface area contributed by atoms with E-state index in [4.69, 9.17) is 0 Å². The number of rotatable bonds is 5. The molecule has 1 amide bonds. The van der Waals surface area contributed by atoms with Crippen LogP contribution in [0.15, 0.2) is 18.3 Å². The second kappa shape index (κ2) is 9.03. The van der Waals surface area contributed by atoms with Gasteiger partial charge in [-0.15, -0.1) is 0 Å². The van der Waals surface area contributed by atoms with Gasteiger partial charge in [-0.3, -0.25) is 4.79 Å². The summed E-state index contributed by atoms with van der Waals surface area (Å²) in [6.07, 6.45) is 1.62. The van der Waals surface area contributed by atoms with Gasteiger partial charge >= 0.3 is 29.6 Å². The second-order valence-corrected chi connectivity index (χ2v) is 4.28. The molecule has 0 saturated heterocycles. The number of hydrogen-bond acceptors (Lipinski definition) is 6. The van der Waals surface area contributed by atoms with Gasteiger partial charge in [0.1, 0.15) is 11.6 Å². The van der Waals surface area contributed by atoms with E-state index in [0.29, 0.717) is 17.9 Å². The number of anilines is 1. The molecule has 9 heteroatoms. The number of aromatic nitrogens is 1. The molecule has 1 heterocycles. The Morgan fingerprint density at radius 2 is 2.35 bits per heavy atom. The molecule has 1 rings (SSSR count). The van der Waals surface area contributed by atoms with Crippen molar-refractivity contribution in [3.8, 4) is 0 Å². The first kappa shape index (κ1) is 17.0. The van der Waals surface area contributed by atoms with Crippen LogP contribution in [0.1, 0.15) is 5.56 Å². The number of amides is 1. The molecule has 0 radical (unpaired) electrons. The number of carbonyl (C=O) groups excluding carboxylic acids is 1. The third-order valence-electron chi connectivity index (χ3n) is 1.47. The molecule has 88 valence electrons. The molecule has 0 spiro atoms. The van der Waals surface area contributed by atoms with Gasteiger partial charge in [-0.05, 0) is 18.6 Å². The fourth-order valence-corrected chi connectivity index (χ4v) is 1.52. The van der Waals surface area contributed by atoms with Gasteiger partial charge in [0.25, 0.3) is 0 Å². The molecule has 0 bridgehead atoms. The average Bonchev–Trinajstić information content (AvgIpc) is 2.21. The summed E-state index contributed by atoms with van der Waals surface area (Å²) in [5.74, 6) is -0.0879. The zero-order valence-electron chi connectivity index (χ0n) is 9.34. The quantitative estimate of drug-likeness (QED) is 0.374. The Bertz CT molecular complexity index is 388. The fourth-order valence-electron chi connectivity index (χ4n) is 0.838. The van der Waals surface area contributed by atoms with Crippen LogP contribution < -0.4 is 34.9 Å². The van der Waals surface area contributed by atoms with Crippen LogP contribution in [0, 0.1) is 6.92 Å². The van der Waals surface area contributed by atoms with Gasteiger partial charge < -0.3 is 9.87 Å². The van der Waals surface area contributed by atoms with Crippen LogP contribution >= 0.6 is 12.0 Å². The Kier molecular flexibility index (Phi) is 9.06. The van der Waals surface area contributed by atoms with Crippen molar-refractivity contribution >= 4 is 35.1 Å². The smallest absolute Gasteiger partial charge is 0.749 e. The molecule has 0 fully saturated rings. The maximum Gasteiger partial charge on any atom is 1.00 e. The zero-order valence-corrected chi connectivity index (χ0v) is 13.0. The molecule has 1 N–H and O–H groups in total. The summed E-state index contributed by atoms with van der Waals surface area (Å²) in [6.45, 7) is 1.88. The predicted molar refractivity (Wildman–Crippen MR) is 60.1 cm³/mol. The van der Waals surface area contributed by atoms with Crippen LogP contribution in [-0.4, -0.2) is 25.4 Å². The third kappa shape index (κ3) is 7.87. The van der Waals surface area contributed by atoms with Gasteiger partial charge in [-0.25, -0.2) is 12.8 Å².